The van der Waals surface area contributed by atoms with Crippen molar-refractivity contribution in [2.24, 2.45) is 0 Å². The summed E-state index contributed by atoms with van der Waals surface area (Å²) in [6.45, 7) is 2.08. The van der Waals surface area contributed by atoms with Crippen molar-refractivity contribution in [3.63, 3.8) is 0 Å². The van der Waals surface area contributed by atoms with Gasteiger partial charge in [-0.1, -0.05) is 36.9 Å². The molecule has 0 bridgehead atoms. The molecule has 0 aromatic heterocycles. The van der Waals surface area contributed by atoms with Crippen LogP contribution < -0.4 is 0 Å². The Morgan fingerprint density at radius 2 is 1.64 bits per heavy atom. The molecular formula is C17H16O4S. The van der Waals surface area contributed by atoms with Crippen LogP contribution in [0, 0.1) is 0 Å². The first-order valence-electron chi connectivity index (χ1n) is 6.84. The van der Waals surface area contributed by atoms with E-state index >= 15 is 0 Å². The maximum atomic E-state index is 11.4. The zero-order valence-electron chi connectivity index (χ0n) is 12.1. The Morgan fingerprint density at radius 3 is 2.18 bits per heavy atom. The summed E-state index contributed by atoms with van der Waals surface area (Å²) < 4.78 is 0. The first-order valence-corrected chi connectivity index (χ1v) is 7.66. The number of hydrogen-bond acceptors (Lipinski definition) is 3. The lowest BCUT2D eigenvalue weighted by Crippen LogP contribution is -2.04. The third-order valence-corrected chi connectivity index (χ3v) is 4.27. The van der Waals surface area contributed by atoms with Crippen LogP contribution in [0.3, 0.4) is 0 Å². The molecule has 22 heavy (non-hydrogen) atoms. The second-order valence-electron chi connectivity index (χ2n) is 4.81. The third-order valence-electron chi connectivity index (χ3n) is 3.19. The van der Waals surface area contributed by atoms with E-state index in [-0.39, 0.29) is 12.0 Å². The van der Waals surface area contributed by atoms with Gasteiger partial charge in [0.2, 0.25) is 0 Å². The maximum Gasteiger partial charge on any atom is 0.336 e. The van der Waals surface area contributed by atoms with E-state index in [2.05, 4.69) is 6.92 Å². The van der Waals surface area contributed by atoms with Crippen LogP contribution in [-0.4, -0.2) is 22.2 Å². The van der Waals surface area contributed by atoms with Crippen molar-refractivity contribution in [3.05, 3.63) is 59.2 Å². The predicted octanol–water partition coefficient (Wildman–Crippen LogP) is 3.73. The zero-order chi connectivity index (χ0) is 16.1. The molecule has 0 spiro atoms. The predicted molar refractivity (Wildman–Crippen MR) is 84.7 cm³/mol. The largest absolute Gasteiger partial charge is 0.481 e. The molecule has 0 unspecified atom stereocenters. The summed E-state index contributed by atoms with van der Waals surface area (Å²) in [6, 6.07) is 12.7. The van der Waals surface area contributed by atoms with E-state index in [9.17, 15) is 14.7 Å². The molecule has 0 saturated heterocycles. The molecule has 2 aromatic rings. The molecule has 0 amide bonds. The van der Waals surface area contributed by atoms with Crippen LogP contribution in [0.1, 0.15) is 28.4 Å². The third kappa shape index (κ3) is 4.11. The van der Waals surface area contributed by atoms with Crippen molar-refractivity contribution in [1.82, 2.24) is 0 Å². The second kappa shape index (κ2) is 7.13. The van der Waals surface area contributed by atoms with Gasteiger partial charge in [-0.25, -0.2) is 4.79 Å². The van der Waals surface area contributed by atoms with Crippen molar-refractivity contribution >= 4 is 23.7 Å². The molecule has 0 atom stereocenters. The number of carboxylic acids is 2. The van der Waals surface area contributed by atoms with Gasteiger partial charge in [0, 0.05) is 9.79 Å². The molecule has 0 aliphatic rings. The fraction of sp³-hybridized carbons (Fsp3) is 0.176. The van der Waals surface area contributed by atoms with Crippen LogP contribution >= 0.6 is 11.8 Å². The van der Waals surface area contributed by atoms with Crippen molar-refractivity contribution < 1.29 is 19.8 Å². The van der Waals surface area contributed by atoms with Gasteiger partial charge in [-0.05, 0) is 41.8 Å². The Morgan fingerprint density at radius 1 is 1.00 bits per heavy atom. The molecule has 2 rings (SSSR count). The number of aromatic carboxylic acids is 1. The van der Waals surface area contributed by atoms with Crippen LogP contribution in [0.5, 0.6) is 0 Å². The molecule has 2 N–H and O–H groups in total. The Kier molecular flexibility index (Phi) is 5.22. The van der Waals surface area contributed by atoms with Gasteiger partial charge in [0.1, 0.15) is 0 Å². The van der Waals surface area contributed by atoms with Gasteiger partial charge in [0.25, 0.3) is 0 Å². The Labute approximate surface area is 132 Å². The van der Waals surface area contributed by atoms with Crippen molar-refractivity contribution in [3.8, 4) is 0 Å². The molecule has 0 radical (unpaired) electrons. The first-order chi connectivity index (χ1) is 10.5. The molecule has 0 saturated carbocycles. The standard InChI is InChI=1S/C17H16O4S/c1-2-11-3-6-13(7-4-11)22-15-8-5-12(10-16(18)19)9-14(15)17(20)21/h3-9H,2,10H2,1H3,(H,18,19)(H,20,21). The Hall–Kier alpha value is -2.27. The quantitative estimate of drug-likeness (QED) is 0.849. The van der Waals surface area contributed by atoms with Crippen LogP contribution in [0.15, 0.2) is 52.3 Å². The number of rotatable bonds is 6. The lowest BCUT2D eigenvalue weighted by molar-refractivity contribution is -0.136. The monoisotopic (exact) mass is 316 g/mol. The van der Waals surface area contributed by atoms with Gasteiger partial charge in [-0.2, -0.15) is 0 Å². The van der Waals surface area contributed by atoms with Crippen LogP contribution in [-0.2, 0) is 17.6 Å². The molecule has 0 fully saturated rings. The SMILES string of the molecule is CCc1ccc(Sc2ccc(CC(=O)O)cc2C(=O)O)cc1. The highest BCUT2D eigenvalue weighted by atomic mass is 32.2. The molecular weight excluding hydrogens is 300 g/mol. The highest BCUT2D eigenvalue weighted by Crippen LogP contribution is 2.31. The summed E-state index contributed by atoms with van der Waals surface area (Å²) in [4.78, 5) is 23.7. The number of aliphatic carboxylic acids is 1. The topological polar surface area (TPSA) is 74.6 Å². The van der Waals surface area contributed by atoms with Crippen molar-refractivity contribution in [2.45, 2.75) is 29.6 Å². The first kappa shape index (κ1) is 16.1. The Balaban J connectivity index is 2.28. The number of benzene rings is 2. The van der Waals surface area contributed by atoms with Gasteiger partial charge < -0.3 is 10.2 Å². The van der Waals surface area contributed by atoms with E-state index < -0.39 is 11.9 Å². The maximum absolute atomic E-state index is 11.4. The lowest BCUT2D eigenvalue weighted by Gasteiger charge is -2.08. The lowest BCUT2D eigenvalue weighted by atomic mass is 10.1. The Bertz CT molecular complexity index is 692. The van der Waals surface area contributed by atoms with Crippen molar-refractivity contribution in [1.29, 1.82) is 0 Å². The minimum Gasteiger partial charge on any atom is -0.481 e. The minimum absolute atomic E-state index is 0.128. The van der Waals surface area contributed by atoms with Crippen molar-refractivity contribution in [2.75, 3.05) is 0 Å². The van der Waals surface area contributed by atoms with E-state index in [1.165, 1.54) is 23.4 Å². The number of carboxylic acid groups (broad SMARTS) is 2. The summed E-state index contributed by atoms with van der Waals surface area (Å²) in [6.07, 6.45) is 0.769. The highest BCUT2D eigenvalue weighted by Gasteiger charge is 2.13. The summed E-state index contributed by atoms with van der Waals surface area (Å²) in [5.74, 6) is -2.04. The smallest absolute Gasteiger partial charge is 0.336 e. The second-order valence-corrected chi connectivity index (χ2v) is 5.92. The fourth-order valence-corrected chi connectivity index (χ4v) is 2.96. The van der Waals surface area contributed by atoms with Crippen LogP contribution in [0.2, 0.25) is 0 Å². The minimum atomic E-state index is -1.06. The molecule has 114 valence electrons. The summed E-state index contributed by atoms with van der Waals surface area (Å²) in [5.41, 5.74) is 1.83. The number of hydrogen-bond donors (Lipinski definition) is 2. The molecule has 2 aromatic carbocycles. The van der Waals surface area contributed by atoms with Gasteiger partial charge >= 0.3 is 11.9 Å². The van der Waals surface area contributed by atoms with E-state index in [0.29, 0.717) is 10.5 Å². The van der Waals surface area contributed by atoms with E-state index in [0.717, 1.165) is 11.3 Å². The molecule has 5 heteroatoms. The number of aryl methyl sites for hydroxylation is 1. The zero-order valence-corrected chi connectivity index (χ0v) is 12.9. The van der Waals surface area contributed by atoms with Gasteiger partial charge in [0.05, 0.1) is 12.0 Å². The van der Waals surface area contributed by atoms with Crippen LogP contribution in [0.4, 0.5) is 0 Å². The highest BCUT2D eigenvalue weighted by molar-refractivity contribution is 7.99. The molecule has 0 heterocycles. The number of carbonyl (C=O) groups is 2. The fourth-order valence-electron chi connectivity index (χ4n) is 2.04. The summed E-state index contributed by atoms with van der Waals surface area (Å²) in [7, 11) is 0. The average Bonchev–Trinajstić information content (AvgIpc) is 2.49. The van der Waals surface area contributed by atoms with Gasteiger partial charge in [-0.3, -0.25) is 4.79 Å². The van der Waals surface area contributed by atoms with Crippen LogP contribution in [0.25, 0.3) is 0 Å². The van der Waals surface area contributed by atoms with E-state index in [1.807, 2.05) is 24.3 Å². The molecule has 0 aliphatic carbocycles. The summed E-state index contributed by atoms with van der Waals surface area (Å²) >= 11 is 1.36. The molecule has 0 aliphatic heterocycles. The average molecular weight is 316 g/mol. The normalized spacial score (nSPS) is 10.4. The van der Waals surface area contributed by atoms with E-state index in [4.69, 9.17) is 5.11 Å². The van der Waals surface area contributed by atoms with Gasteiger partial charge in [0.15, 0.2) is 0 Å². The van der Waals surface area contributed by atoms with E-state index in [1.54, 1.807) is 12.1 Å². The molecule has 4 nitrogen and oxygen atoms in total. The van der Waals surface area contributed by atoms with Gasteiger partial charge in [-0.15, -0.1) is 0 Å². The summed E-state index contributed by atoms with van der Waals surface area (Å²) in [5, 5.41) is 18.1.